The van der Waals surface area contributed by atoms with Crippen LogP contribution in [0.2, 0.25) is 0 Å². The summed E-state index contributed by atoms with van der Waals surface area (Å²) in [6.45, 7) is 8.84. The van der Waals surface area contributed by atoms with Crippen LogP contribution in [-0.4, -0.2) is 21.0 Å². The van der Waals surface area contributed by atoms with Crippen molar-refractivity contribution in [3.8, 4) is 22.6 Å². The topological polar surface area (TPSA) is 21.1 Å². The number of nitrogens with zero attached hydrogens (tertiary/aromatic N) is 3. The van der Waals surface area contributed by atoms with E-state index in [9.17, 15) is 13.2 Å². The van der Waals surface area contributed by atoms with E-state index >= 15 is 0 Å². The molecule has 5 rings (SSSR count). The largest absolute Gasteiger partial charge is 0.416 e. The van der Waals surface area contributed by atoms with Gasteiger partial charge in [-0.05, 0) is 68.0 Å². The molecule has 1 atom stereocenters. The first kappa shape index (κ1) is 28.2. The number of hydrogen-bond acceptors (Lipinski definition) is 2. The van der Waals surface area contributed by atoms with Crippen molar-refractivity contribution in [3.63, 3.8) is 0 Å². The second-order valence-electron chi connectivity index (χ2n) is 10.6. The maximum atomic E-state index is 13.4. The first-order chi connectivity index (χ1) is 19.4. The highest BCUT2D eigenvalue weighted by Crippen LogP contribution is 2.38. The van der Waals surface area contributed by atoms with Gasteiger partial charge in [-0.15, -0.1) is 0 Å². The van der Waals surface area contributed by atoms with Crippen molar-refractivity contribution < 1.29 is 13.2 Å². The van der Waals surface area contributed by atoms with E-state index < -0.39 is 11.7 Å². The van der Waals surface area contributed by atoms with Crippen LogP contribution >= 0.6 is 0 Å². The highest BCUT2D eigenvalue weighted by Gasteiger charge is 2.31. The van der Waals surface area contributed by atoms with Crippen LogP contribution in [0.15, 0.2) is 72.8 Å². The summed E-state index contributed by atoms with van der Waals surface area (Å²) in [5, 5.41) is 0. The van der Waals surface area contributed by atoms with Crippen LogP contribution in [0.5, 0.6) is 0 Å². The van der Waals surface area contributed by atoms with E-state index in [0.29, 0.717) is 12.6 Å². The van der Waals surface area contributed by atoms with Crippen LogP contribution in [-0.2, 0) is 32.1 Å². The van der Waals surface area contributed by atoms with Gasteiger partial charge in [0.05, 0.1) is 17.0 Å². The van der Waals surface area contributed by atoms with Crippen LogP contribution in [0.25, 0.3) is 22.6 Å². The molecule has 0 radical (unpaired) electrons. The zero-order valence-corrected chi connectivity index (χ0v) is 23.6. The fourth-order valence-electron chi connectivity index (χ4n) is 6.18. The molecule has 0 bridgehead atoms. The van der Waals surface area contributed by atoms with Gasteiger partial charge < -0.3 is 4.57 Å². The van der Waals surface area contributed by atoms with Crippen molar-refractivity contribution >= 4 is 0 Å². The highest BCUT2D eigenvalue weighted by molar-refractivity contribution is 5.72. The maximum Gasteiger partial charge on any atom is 0.416 e. The number of hydrogen-bond donors (Lipinski definition) is 0. The van der Waals surface area contributed by atoms with Gasteiger partial charge in [-0.1, -0.05) is 80.9 Å². The fourth-order valence-corrected chi connectivity index (χ4v) is 6.18. The van der Waals surface area contributed by atoms with E-state index in [-0.39, 0.29) is 0 Å². The smallest absolute Gasteiger partial charge is 0.327 e. The number of aryl methyl sites for hydroxylation is 2. The Morgan fingerprint density at radius 1 is 0.825 bits per heavy atom. The number of alkyl halides is 3. The zero-order valence-electron chi connectivity index (χ0n) is 23.6. The third-order valence-electron chi connectivity index (χ3n) is 8.25. The predicted octanol–water partition coefficient (Wildman–Crippen LogP) is 9.11. The molecule has 1 fully saturated rings. The summed E-state index contributed by atoms with van der Waals surface area (Å²) in [4.78, 5) is 7.78. The number of halogens is 3. The van der Waals surface area contributed by atoms with Crippen LogP contribution in [0.3, 0.4) is 0 Å². The van der Waals surface area contributed by atoms with Crippen molar-refractivity contribution in [1.82, 2.24) is 14.5 Å². The van der Waals surface area contributed by atoms with Gasteiger partial charge in [-0.25, -0.2) is 4.98 Å². The number of rotatable bonds is 8. The number of benzene rings is 3. The van der Waals surface area contributed by atoms with Crippen LogP contribution in [0.4, 0.5) is 13.2 Å². The Morgan fingerprint density at radius 2 is 1.50 bits per heavy atom. The van der Waals surface area contributed by atoms with Gasteiger partial charge in [0, 0.05) is 30.3 Å². The number of imidazole rings is 1. The Bertz CT molecular complexity index is 1400. The molecule has 0 spiro atoms. The summed E-state index contributed by atoms with van der Waals surface area (Å²) < 4.78 is 42.5. The molecule has 40 heavy (non-hydrogen) atoms. The first-order valence-electron chi connectivity index (χ1n) is 14.5. The van der Waals surface area contributed by atoms with Gasteiger partial charge in [0.15, 0.2) is 0 Å². The second-order valence-corrected chi connectivity index (χ2v) is 10.6. The van der Waals surface area contributed by atoms with E-state index in [0.717, 1.165) is 67.1 Å². The second kappa shape index (κ2) is 12.0. The van der Waals surface area contributed by atoms with Crippen molar-refractivity contribution in [2.45, 2.75) is 78.2 Å². The average Bonchev–Trinajstić information content (AvgIpc) is 3.34. The van der Waals surface area contributed by atoms with Crippen LogP contribution in [0.1, 0.15) is 74.0 Å². The van der Waals surface area contributed by atoms with E-state index in [1.54, 1.807) is 12.1 Å². The SMILES string of the molecule is CCc1cccc(CC)c1-c1nc(-c2ccc(C(F)(F)F)cc2)c(CN2CCCCC2c2ccccc2)n1CC. The lowest BCUT2D eigenvalue weighted by molar-refractivity contribution is -0.137. The molecule has 1 aliphatic heterocycles. The molecule has 0 saturated carbocycles. The van der Waals surface area contributed by atoms with Crippen molar-refractivity contribution in [3.05, 3.63) is 101 Å². The van der Waals surface area contributed by atoms with Gasteiger partial charge in [-0.2, -0.15) is 13.2 Å². The number of likely N-dealkylation sites (tertiary alicyclic amines) is 1. The molecular formula is C34H38F3N3. The number of aromatic nitrogens is 2. The summed E-state index contributed by atoms with van der Waals surface area (Å²) in [6.07, 6.45) is 0.794. The molecule has 2 heterocycles. The zero-order chi connectivity index (χ0) is 28.3. The van der Waals surface area contributed by atoms with Gasteiger partial charge in [-0.3, -0.25) is 4.90 Å². The molecule has 3 nitrogen and oxygen atoms in total. The lowest BCUT2D eigenvalue weighted by Crippen LogP contribution is -2.33. The lowest BCUT2D eigenvalue weighted by atomic mass is 9.94. The van der Waals surface area contributed by atoms with E-state index in [4.69, 9.17) is 4.98 Å². The Hall–Kier alpha value is -3.38. The molecule has 4 aromatic rings. The molecule has 210 valence electrons. The minimum Gasteiger partial charge on any atom is -0.327 e. The summed E-state index contributed by atoms with van der Waals surface area (Å²) in [6, 6.07) is 22.9. The van der Waals surface area contributed by atoms with Crippen LogP contribution < -0.4 is 0 Å². The van der Waals surface area contributed by atoms with Crippen molar-refractivity contribution in [2.24, 2.45) is 0 Å². The minimum absolute atomic E-state index is 0.299. The monoisotopic (exact) mass is 545 g/mol. The van der Waals surface area contributed by atoms with Gasteiger partial charge >= 0.3 is 6.18 Å². The molecule has 0 N–H and O–H groups in total. The summed E-state index contributed by atoms with van der Waals surface area (Å²) in [5.41, 5.74) is 6.87. The lowest BCUT2D eigenvalue weighted by Gasteiger charge is -2.36. The molecule has 1 unspecified atom stereocenters. The fraction of sp³-hybridized carbons (Fsp3) is 0.382. The molecule has 6 heteroatoms. The van der Waals surface area contributed by atoms with E-state index in [2.05, 4.69) is 72.7 Å². The Morgan fingerprint density at radius 3 is 2.10 bits per heavy atom. The molecule has 1 saturated heterocycles. The standard InChI is InChI=1S/C34H38F3N3/c1-4-24-15-12-16-25(5-2)31(24)33-38-32(27-18-20-28(21-19-27)34(35,36)37)30(40(33)6-3)23-39-22-11-10-17-29(39)26-13-8-7-9-14-26/h7-9,12-16,18-21,29H,4-6,10-11,17,22-23H2,1-3H3. The predicted molar refractivity (Wildman–Crippen MR) is 156 cm³/mol. The normalized spacial score (nSPS) is 16.4. The van der Waals surface area contributed by atoms with Crippen molar-refractivity contribution in [1.29, 1.82) is 0 Å². The maximum absolute atomic E-state index is 13.4. The van der Waals surface area contributed by atoms with Crippen molar-refractivity contribution in [2.75, 3.05) is 6.54 Å². The van der Waals surface area contributed by atoms with Gasteiger partial charge in [0.2, 0.25) is 0 Å². The Balaban J connectivity index is 1.67. The molecule has 1 aliphatic rings. The summed E-state index contributed by atoms with van der Waals surface area (Å²) in [7, 11) is 0. The molecule has 0 amide bonds. The average molecular weight is 546 g/mol. The minimum atomic E-state index is -4.37. The molecular weight excluding hydrogens is 507 g/mol. The van der Waals surface area contributed by atoms with Gasteiger partial charge in [0.25, 0.3) is 0 Å². The third kappa shape index (κ3) is 5.60. The first-order valence-corrected chi connectivity index (χ1v) is 14.5. The molecule has 3 aromatic carbocycles. The number of piperidine rings is 1. The summed E-state index contributed by atoms with van der Waals surface area (Å²) >= 11 is 0. The molecule has 0 aliphatic carbocycles. The van der Waals surface area contributed by atoms with E-state index in [1.807, 2.05) is 6.07 Å². The molecule has 1 aromatic heterocycles. The Labute approximate surface area is 235 Å². The quantitative estimate of drug-likeness (QED) is 0.220. The highest BCUT2D eigenvalue weighted by atomic mass is 19.4. The Kier molecular flexibility index (Phi) is 8.46. The van der Waals surface area contributed by atoms with Gasteiger partial charge in [0.1, 0.15) is 5.82 Å². The van der Waals surface area contributed by atoms with Crippen LogP contribution in [0, 0.1) is 0 Å². The third-order valence-corrected chi connectivity index (χ3v) is 8.25. The van der Waals surface area contributed by atoms with E-state index in [1.165, 1.54) is 35.2 Å². The summed E-state index contributed by atoms with van der Waals surface area (Å²) in [5.74, 6) is 0.912.